The second kappa shape index (κ2) is 6.75. The molecule has 0 bridgehead atoms. The predicted octanol–water partition coefficient (Wildman–Crippen LogP) is 4.69. The van der Waals surface area contributed by atoms with Gasteiger partial charge in [0.25, 0.3) is 0 Å². The van der Waals surface area contributed by atoms with Gasteiger partial charge in [-0.2, -0.15) is 0 Å². The Labute approximate surface area is 142 Å². The van der Waals surface area contributed by atoms with Gasteiger partial charge >= 0.3 is 0 Å². The molecule has 24 heavy (non-hydrogen) atoms. The van der Waals surface area contributed by atoms with Crippen LogP contribution in [0.4, 0.5) is 5.69 Å². The maximum absolute atomic E-state index is 11.6. The molecule has 0 amide bonds. The van der Waals surface area contributed by atoms with Gasteiger partial charge in [0, 0.05) is 30.4 Å². The molecule has 0 aliphatic rings. The van der Waals surface area contributed by atoms with E-state index in [1.807, 2.05) is 31.3 Å². The van der Waals surface area contributed by atoms with Crippen LogP contribution in [0.1, 0.15) is 22.8 Å². The predicted molar refractivity (Wildman–Crippen MR) is 99.1 cm³/mol. The molecule has 3 heteroatoms. The number of anilines is 1. The first-order valence-electron chi connectivity index (χ1n) is 7.96. The normalized spacial score (nSPS) is 10.6. The highest BCUT2D eigenvalue weighted by Crippen LogP contribution is 2.26. The third-order valence-electron chi connectivity index (χ3n) is 4.27. The van der Waals surface area contributed by atoms with Crippen LogP contribution in [-0.2, 0) is 6.54 Å². The number of ketones is 1. The first-order valence-corrected chi connectivity index (χ1v) is 7.96. The van der Waals surface area contributed by atoms with Crippen LogP contribution in [0.5, 0.6) is 5.75 Å². The van der Waals surface area contributed by atoms with E-state index in [2.05, 4.69) is 35.2 Å². The summed E-state index contributed by atoms with van der Waals surface area (Å²) >= 11 is 0. The lowest BCUT2D eigenvalue weighted by Crippen LogP contribution is -2.17. The number of hydrogen-bond acceptors (Lipinski definition) is 3. The number of rotatable bonds is 5. The van der Waals surface area contributed by atoms with Gasteiger partial charge in [-0.05, 0) is 48.0 Å². The molecule has 0 heterocycles. The minimum atomic E-state index is 0.0623. The largest absolute Gasteiger partial charge is 0.496 e. The van der Waals surface area contributed by atoms with Crippen LogP contribution in [0, 0.1) is 0 Å². The van der Waals surface area contributed by atoms with Crippen molar-refractivity contribution in [2.45, 2.75) is 13.5 Å². The minimum Gasteiger partial charge on any atom is -0.496 e. The first-order chi connectivity index (χ1) is 11.6. The zero-order valence-corrected chi connectivity index (χ0v) is 14.2. The van der Waals surface area contributed by atoms with Crippen molar-refractivity contribution in [3.63, 3.8) is 0 Å². The van der Waals surface area contributed by atoms with Gasteiger partial charge in [0.2, 0.25) is 0 Å². The fourth-order valence-corrected chi connectivity index (χ4v) is 2.88. The van der Waals surface area contributed by atoms with Crippen LogP contribution in [0.3, 0.4) is 0 Å². The number of nitrogens with zero attached hydrogens (tertiary/aromatic N) is 1. The third kappa shape index (κ3) is 3.25. The number of methoxy groups -OCH3 is 1. The van der Waals surface area contributed by atoms with Crippen molar-refractivity contribution in [2.24, 2.45) is 0 Å². The Bertz CT molecular complexity index is 886. The summed E-state index contributed by atoms with van der Waals surface area (Å²) in [7, 11) is 3.70. The molecule has 3 aromatic rings. The highest BCUT2D eigenvalue weighted by molar-refractivity contribution is 5.94. The van der Waals surface area contributed by atoms with Crippen molar-refractivity contribution in [3.05, 3.63) is 71.8 Å². The van der Waals surface area contributed by atoms with Gasteiger partial charge in [-0.25, -0.2) is 0 Å². The number of Topliss-reactive ketones (excluding diaryl/α,β-unsaturated/α-hetero) is 1. The molecule has 0 aliphatic heterocycles. The van der Waals surface area contributed by atoms with E-state index in [9.17, 15) is 4.79 Å². The van der Waals surface area contributed by atoms with E-state index in [1.165, 1.54) is 10.8 Å². The molecule has 0 saturated carbocycles. The minimum absolute atomic E-state index is 0.0623. The highest BCUT2D eigenvalue weighted by atomic mass is 16.5. The quantitative estimate of drug-likeness (QED) is 0.639. The fourth-order valence-electron chi connectivity index (χ4n) is 2.88. The second-order valence-electron chi connectivity index (χ2n) is 5.97. The van der Waals surface area contributed by atoms with Gasteiger partial charge in [-0.1, -0.05) is 30.3 Å². The van der Waals surface area contributed by atoms with Crippen molar-refractivity contribution in [3.8, 4) is 5.75 Å². The van der Waals surface area contributed by atoms with Crippen LogP contribution < -0.4 is 9.64 Å². The van der Waals surface area contributed by atoms with Gasteiger partial charge in [0.15, 0.2) is 5.78 Å². The molecule has 0 spiro atoms. The van der Waals surface area contributed by atoms with Crippen molar-refractivity contribution in [1.82, 2.24) is 0 Å². The van der Waals surface area contributed by atoms with E-state index < -0.39 is 0 Å². The van der Waals surface area contributed by atoms with Crippen molar-refractivity contribution < 1.29 is 9.53 Å². The summed E-state index contributed by atoms with van der Waals surface area (Å²) in [5.41, 5.74) is 2.84. The summed E-state index contributed by atoms with van der Waals surface area (Å²) in [6.45, 7) is 2.25. The molecule has 0 aliphatic carbocycles. The lowest BCUT2D eigenvalue weighted by Gasteiger charge is -2.21. The van der Waals surface area contributed by atoms with Crippen LogP contribution in [0.2, 0.25) is 0 Å². The molecule has 0 aromatic heterocycles. The summed E-state index contributed by atoms with van der Waals surface area (Å²) in [6.07, 6.45) is 0. The van der Waals surface area contributed by atoms with Gasteiger partial charge < -0.3 is 9.64 Å². The van der Waals surface area contributed by atoms with Crippen molar-refractivity contribution in [2.75, 3.05) is 19.1 Å². The van der Waals surface area contributed by atoms with Crippen LogP contribution in [-0.4, -0.2) is 19.9 Å². The number of benzene rings is 3. The molecule has 3 rings (SSSR count). The van der Waals surface area contributed by atoms with Gasteiger partial charge in [0.1, 0.15) is 5.75 Å². The molecule has 3 nitrogen and oxygen atoms in total. The Morgan fingerprint density at radius 3 is 2.46 bits per heavy atom. The molecule has 0 radical (unpaired) electrons. The maximum atomic E-state index is 11.6. The first kappa shape index (κ1) is 16.1. The van der Waals surface area contributed by atoms with E-state index in [0.717, 1.165) is 17.0 Å². The topological polar surface area (TPSA) is 29.5 Å². The van der Waals surface area contributed by atoms with Gasteiger partial charge in [0.05, 0.1) is 7.11 Å². The lowest BCUT2D eigenvalue weighted by molar-refractivity contribution is 0.101. The standard InChI is InChI=1S/C21H21NO2/c1-15(23)17-9-11-21(24-3)19(12-17)14-22(2)20-10-8-16-6-4-5-7-18(16)13-20/h4-13H,14H2,1-3H3. The highest BCUT2D eigenvalue weighted by Gasteiger charge is 2.10. The SMILES string of the molecule is COc1ccc(C(C)=O)cc1CN(C)c1ccc2ccccc2c1. The molecule has 0 saturated heterocycles. The number of hydrogen-bond donors (Lipinski definition) is 0. The Morgan fingerprint density at radius 1 is 1.00 bits per heavy atom. The molecule has 3 aromatic carbocycles. The average Bonchev–Trinajstić information content (AvgIpc) is 2.61. The summed E-state index contributed by atoms with van der Waals surface area (Å²) < 4.78 is 5.45. The summed E-state index contributed by atoms with van der Waals surface area (Å²) in [4.78, 5) is 13.8. The zero-order valence-electron chi connectivity index (χ0n) is 14.2. The lowest BCUT2D eigenvalue weighted by atomic mass is 10.1. The van der Waals surface area contributed by atoms with E-state index in [0.29, 0.717) is 12.1 Å². The Morgan fingerprint density at radius 2 is 1.75 bits per heavy atom. The fraction of sp³-hybridized carbons (Fsp3) is 0.190. The summed E-state index contributed by atoms with van der Waals surface area (Å²) in [5, 5.41) is 2.44. The van der Waals surface area contributed by atoms with Crippen molar-refractivity contribution >= 4 is 22.2 Å². The Kier molecular flexibility index (Phi) is 4.52. The van der Waals surface area contributed by atoms with Crippen LogP contribution >= 0.6 is 0 Å². The Hall–Kier alpha value is -2.81. The van der Waals surface area contributed by atoms with E-state index in [-0.39, 0.29) is 5.78 Å². The third-order valence-corrected chi connectivity index (χ3v) is 4.27. The van der Waals surface area contributed by atoms with Crippen molar-refractivity contribution in [1.29, 1.82) is 0 Å². The van der Waals surface area contributed by atoms with E-state index >= 15 is 0 Å². The number of ether oxygens (including phenoxy) is 1. The molecule has 0 unspecified atom stereocenters. The zero-order chi connectivity index (χ0) is 17.1. The summed E-state index contributed by atoms with van der Waals surface area (Å²) in [5.74, 6) is 0.861. The molecular formula is C21H21NO2. The molecule has 0 atom stereocenters. The van der Waals surface area contributed by atoms with Gasteiger partial charge in [-0.3, -0.25) is 4.79 Å². The van der Waals surface area contributed by atoms with E-state index in [1.54, 1.807) is 20.1 Å². The number of carbonyl (C=O) groups excluding carboxylic acids is 1. The Balaban J connectivity index is 1.91. The number of carbonyl (C=O) groups is 1. The molecule has 0 fully saturated rings. The smallest absolute Gasteiger partial charge is 0.159 e. The van der Waals surface area contributed by atoms with Crippen LogP contribution in [0.15, 0.2) is 60.7 Å². The van der Waals surface area contributed by atoms with E-state index in [4.69, 9.17) is 4.74 Å². The average molecular weight is 319 g/mol. The van der Waals surface area contributed by atoms with Gasteiger partial charge in [-0.15, -0.1) is 0 Å². The molecular weight excluding hydrogens is 298 g/mol. The summed E-state index contributed by atoms with van der Waals surface area (Å²) in [6, 6.07) is 20.3. The van der Waals surface area contributed by atoms with Crippen LogP contribution in [0.25, 0.3) is 10.8 Å². The monoisotopic (exact) mass is 319 g/mol. The molecule has 0 N–H and O–H groups in total. The second-order valence-corrected chi connectivity index (χ2v) is 5.97. The molecule has 122 valence electrons. The number of fused-ring (bicyclic) bond motifs is 1. The maximum Gasteiger partial charge on any atom is 0.159 e.